The molecule has 0 atom stereocenters. The molecule has 1 aromatic heterocycles. The average molecular weight is 271 g/mol. The molecule has 2 heterocycles. The summed E-state index contributed by atoms with van der Waals surface area (Å²) in [6, 6.07) is 9.15. The predicted molar refractivity (Wildman–Crippen MR) is 80.2 cm³/mol. The summed E-state index contributed by atoms with van der Waals surface area (Å²) in [6.45, 7) is 7.09. The van der Waals surface area contributed by atoms with Crippen molar-refractivity contribution >= 4 is 11.7 Å². The number of benzene rings is 1. The van der Waals surface area contributed by atoms with Gasteiger partial charge in [-0.3, -0.25) is 4.90 Å². The molecular formula is C16H21N3O. The van der Waals surface area contributed by atoms with Crippen LogP contribution in [-0.4, -0.2) is 18.1 Å². The normalized spacial score (nSPS) is 14.1. The summed E-state index contributed by atoms with van der Waals surface area (Å²) >= 11 is 0. The van der Waals surface area contributed by atoms with Crippen molar-refractivity contribution in [2.75, 3.05) is 18.0 Å². The zero-order chi connectivity index (χ0) is 13.9. The van der Waals surface area contributed by atoms with Gasteiger partial charge in [-0.2, -0.15) is 4.98 Å². The summed E-state index contributed by atoms with van der Waals surface area (Å²) in [6.07, 6.45) is 2.81. The van der Waals surface area contributed by atoms with Crippen molar-refractivity contribution in [1.82, 2.24) is 10.3 Å². The van der Waals surface area contributed by atoms with Crippen molar-refractivity contribution in [2.24, 2.45) is 5.92 Å². The van der Waals surface area contributed by atoms with E-state index in [4.69, 9.17) is 4.42 Å². The molecular weight excluding hydrogens is 250 g/mol. The Labute approximate surface area is 119 Å². The van der Waals surface area contributed by atoms with Crippen LogP contribution in [0.5, 0.6) is 0 Å². The Morgan fingerprint density at radius 2 is 2.20 bits per heavy atom. The molecule has 4 nitrogen and oxygen atoms in total. The number of oxazole rings is 1. The Hall–Kier alpha value is -1.81. The number of aromatic nitrogens is 1. The number of fused-ring (bicyclic) bond motifs is 1. The smallest absolute Gasteiger partial charge is 0.302 e. The number of anilines is 2. The monoisotopic (exact) mass is 271 g/mol. The van der Waals surface area contributed by atoms with Gasteiger partial charge in [0, 0.05) is 18.8 Å². The van der Waals surface area contributed by atoms with E-state index in [0.29, 0.717) is 11.9 Å². The first-order valence-corrected chi connectivity index (χ1v) is 7.24. The van der Waals surface area contributed by atoms with E-state index in [1.54, 1.807) is 6.26 Å². The molecule has 0 aliphatic carbocycles. The second kappa shape index (κ2) is 5.67. The van der Waals surface area contributed by atoms with Crippen LogP contribution in [0.15, 0.2) is 34.9 Å². The van der Waals surface area contributed by atoms with Crippen LogP contribution in [-0.2, 0) is 13.0 Å². The fourth-order valence-corrected chi connectivity index (χ4v) is 2.53. The highest BCUT2D eigenvalue weighted by molar-refractivity contribution is 5.64. The fraction of sp³-hybridized carbons (Fsp3) is 0.438. The number of hydrogen-bond acceptors (Lipinski definition) is 4. The first kappa shape index (κ1) is 13.2. The number of nitrogens with one attached hydrogen (secondary N) is 1. The second-order valence-electron chi connectivity index (χ2n) is 5.68. The Balaban J connectivity index is 1.69. The maximum absolute atomic E-state index is 5.64. The van der Waals surface area contributed by atoms with Crippen molar-refractivity contribution < 1.29 is 4.42 Å². The van der Waals surface area contributed by atoms with Gasteiger partial charge in [-0.15, -0.1) is 0 Å². The minimum Gasteiger partial charge on any atom is -0.431 e. The van der Waals surface area contributed by atoms with E-state index in [0.717, 1.165) is 31.7 Å². The molecule has 2 aromatic rings. The minimum atomic E-state index is 0.645. The SMILES string of the molecule is CC(C)CNCc1coc(N2CCc3ccccc32)n1. The standard InChI is InChI=1S/C16H21N3O/c1-12(2)9-17-10-14-11-20-16(18-14)19-8-7-13-5-3-4-6-15(13)19/h3-6,11-12,17H,7-10H2,1-2H3. The predicted octanol–water partition coefficient (Wildman–Crippen LogP) is 3.11. The van der Waals surface area contributed by atoms with Crippen LogP contribution < -0.4 is 10.2 Å². The van der Waals surface area contributed by atoms with Gasteiger partial charge in [0.2, 0.25) is 0 Å². The van der Waals surface area contributed by atoms with Crippen LogP contribution in [0, 0.1) is 5.92 Å². The van der Waals surface area contributed by atoms with E-state index in [9.17, 15) is 0 Å². The zero-order valence-electron chi connectivity index (χ0n) is 12.1. The molecule has 1 aliphatic rings. The molecule has 4 heteroatoms. The first-order valence-electron chi connectivity index (χ1n) is 7.24. The summed E-state index contributed by atoms with van der Waals surface area (Å²) in [5, 5.41) is 3.38. The largest absolute Gasteiger partial charge is 0.431 e. The average Bonchev–Trinajstić information content (AvgIpc) is 3.04. The van der Waals surface area contributed by atoms with E-state index in [1.165, 1.54) is 11.3 Å². The highest BCUT2D eigenvalue weighted by Crippen LogP contribution is 2.33. The highest BCUT2D eigenvalue weighted by atomic mass is 16.4. The maximum Gasteiger partial charge on any atom is 0.302 e. The molecule has 3 rings (SSSR count). The fourth-order valence-electron chi connectivity index (χ4n) is 2.53. The third-order valence-corrected chi connectivity index (χ3v) is 3.52. The van der Waals surface area contributed by atoms with Crippen LogP contribution in [0.1, 0.15) is 25.1 Å². The van der Waals surface area contributed by atoms with Gasteiger partial charge in [0.15, 0.2) is 0 Å². The van der Waals surface area contributed by atoms with Crippen molar-refractivity contribution in [3.05, 3.63) is 41.8 Å². The molecule has 1 N–H and O–H groups in total. The van der Waals surface area contributed by atoms with Crippen LogP contribution in [0.3, 0.4) is 0 Å². The van der Waals surface area contributed by atoms with E-state index >= 15 is 0 Å². The Kier molecular flexibility index (Phi) is 3.74. The molecule has 0 unspecified atom stereocenters. The summed E-state index contributed by atoms with van der Waals surface area (Å²) < 4.78 is 5.64. The number of rotatable bonds is 5. The summed E-state index contributed by atoms with van der Waals surface area (Å²) in [4.78, 5) is 6.74. The van der Waals surface area contributed by atoms with Gasteiger partial charge in [0.1, 0.15) is 6.26 Å². The van der Waals surface area contributed by atoms with Crippen LogP contribution in [0.4, 0.5) is 11.7 Å². The molecule has 0 saturated heterocycles. The lowest BCUT2D eigenvalue weighted by molar-refractivity contribution is 0.539. The molecule has 0 spiro atoms. The molecule has 1 aliphatic heterocycles. The molecule has 0 amide bonds. The van der Waals surface area contributed by atoms with Crippen LogP contribution in [0.25, 0.3) is 0 Å². The third kappa shape index (κ3) is 2.70. The van der Waals surface area contributed by atoms with Gasteiger partial charge >= 0.3 is 6.01 Å². The lowest BCUT2D eigenvalue weighted by atomic mass is 10.2. The van der Waals surface area contributed by atoms with Crippen molar-refractivity contribution in [3.63, 3.8) is 0 Å². The van der Waals surface area contributed by atoms with Crippen LogP contribution >= 0.6 is 0 Å². The lowest BCUT2D eigenvalue weighted by Gasteiger charge is -2.13. The summed E-state index contributed by atoms with van der Waals surface area (Å²) in [5.74, 6) is 0.645. The highest BCUT2D eigenvalue weighted by Gasteiger charge is 2.23. The van der Waals surface area contributed by atoms with Crippen molar-refractivity contribution in [1.29, 1.82) is 0 Å². The number of para-hydroxylation sites is 1. The van der Waals surface area contributed by atoms with Crippen molar-refractivity contribution in [2.45, 2.75) is 26.8 Å². The van der Waals surface area contributed by atoms with E-state index < -0.39 is 0 Å². The molecule has 0 radical (unpaired) electrons. The number of nitrogens with zero attached hydrogens (tertiary/aromatic N) is 2. The maximum atomic E-state index is 5.64. The summed E-state index contributed by atoms with van der Waals surface area (Å²) in [7, 11) is 0. The Bertz CT molecular complexity index is 577. The quantitative estimate of drug-likeness (QED) is 0.907. The second-order valence-corrected chi connectivity index (χ2v) is 5.68. The first-order chi connectivity index (χ1) is 9.74. The molecule has 20 heavy (non-hydrogen) atoms. The molecule has 0 bridgehead atoms. The molecule has 106 valence electrons. The molecule has 0 fully saturated rings. The lowest BCUT2D eigenvalue weighted by Crippen LogP contribution is -2.19. The van der Waals surface area contributed by atoms with Gasteiger partial charge in [-0.05, 0) is 30.5 Å². The van der Waals surface area contributed by atoms with Gasteiger partial charge in [0.05, 0.1) is 5.69 Å². The zero-order valence-corrected chi connectivity index (χ0v) is 12.1. The van der Waals surface area contributed by atoms with E-state index in [-0.39, 0.29) is 0 Å². The summed E-state index contributed by atoms with van der Waals surface area (Å²) in [5.41, 5.74) is 3.55. The van der Waals surface area contributed by atoms with Gasteiger partial charge in [0.25, 0.3) is 0 Å². The number of hydrogen-bond donors (Lipinski definition) is 1. The van der Waals surface area contributed by atoms with Gasteiger partial charge in [-0.25, -0.2) is 0 Å². The topological polar surface area (TPSA) is 41.3 Å². The minimum absolute atomic E-state index is 0.645. The molecule has 1 aromatic carbocycles. The van der Waals surface area contributed by atoms with Gasteiger partial charge in [-0.1, -0.05) is 32.0 Å². The van der Waals surface area contributed by atoms with Gasteiger partial charge < -0.3 is 9.73 Å². The third-order valence-electron chi connectivity index (χ3n) is 3.52. The molecule has 0 saturated carbocycles. The Morgan fingerprint density at radius 1 is 1.35 bits per heavy atom. The van der Waals surface area contributed by atoms with E-state index in [2.05, 4.69) is 53.3 Å². The van der Waals surface area contributed by atoms with Crippen molar-refractivity contribution in [3.8, 4) is 0 Å². The Morgan fingerprint density at radius 3 is 3.05 bits per heavy atom. The van der Waals surface area contributed by atoms with E-state index in [1.807, 2.05) is 0 Å². The van der Waals surface area contributed by atoms with Crippen LogP contribution in [0.2, 0.25) is 0 Å².